The number of rotatable bonds is 7. The van der Waals surface area contributed by atoms with Gasteiger partial charge in [-0.15, -0.1) is 16.9 Å². The van der Waals surface area contributed by atoms with E-state index >= 15 is 0 Å². The second-order valence-electron chi connectivity index (χ2n) is 6.10. The monoisotopic (exact) mass is 339 g/mol. The molecule has 1 saturated heterocycles. The summed E-state index contributed by atoms with van der Waals surface area (Å²) in [5.74, 6) is 1.39. The molecule has 23 heavy (non-hydrogen) atoms. The summed E-state index contributed by atoms with van der Waals surface area (Å²) in [5, 5.41) is 11.3. The van der Waals surface area contributed by atoms with Crippen molar-refractivity contribution >= 4 is 17.7 Å². The van der Waals surface area contributed by atoms with Crippen molar-refractivity contribution in [1.82, 2.24) is 36.7 Å². The van der Waals surface area contributed by atoms with Crippen LogP contribution < -0.4 is 21.7 Å². The summed E-state index contributed by atoms with van der Waals surface area (Å²) in [4.78, 5) is 12.1. The van der Waals surface area contributed by atoms with Crippen LogP contribution >= 0.6 is 11.8 Å². The van der Waals surface area contributed by atoms with Gasteiger partial charge in [-0.1, -0.05) is 24.5 Å². The van der Waals surface area contributed by atoms with Crippen LogP contribution in [-0.4, -0.2) is 45.1 Å². The summed E-state index contributed by atoms with van der Waals surface area (Å²) >= 11 is 1.76. The lowest BCUT2D eigenvalue weighted by atomic mass is 9.89. The lowest BCUT2D eigenvalue weighted by Gasteiger charge is -2.20. The van der Waals surface area contributed by atoms with E-state index in [2.05, 4.69) is 32.0 Å². The van der Waals surface area contributed by atoms with Crippen molar-refractivity contribution in [2.45, 2.75) is 44.0 Å². The number of carbonyl (C=O) groups excluding carboxylic acids is 1. The molecule has 0 aromatic carbocycles. The molecule has 8 nitrogen and oxygen atoms in total. The molecule has 2 fully saturated rings. The average molecular weight is 339 g/mol. The normalized spacial score (nSPS) is 22.3. The van der Waals surface area contributed by atoms with Crippen LogP contribution in [0.2, 0.25) is 0 Å². The highest BCUT2D eigenvalue weighted by molar-refractivity contribution is 7.99. The Kier molecular flexibility index (Phi) is 6.26. The van der Waals surface area contributed by atoms with Crippen LogP contribution in [0.1, 0.15) is 42.6 Å². The first-order valence-corrected chi connectivity index (χ1v) is 9.39. The summed E-state index contributed by atoms with van der Waals surface area (Å²) in [6, 6.07) is 0. The Morgan fingerprint density at radius 3 is 3.04 bits per heavy atom. The van der Waals surface area contributed by atoms with Crippen molar-refractivity contribution in [2.75, 3.05) is 18.8 Å². The van der Waals surface area contributed by atoms with E-state index in [9.17, 15) is 4.79 Å². The van der Waals surface area contributed by atoms with E-state index in [1.165, 1.54) is 32.1 Å². The molecule has 9 heteroatoms. The lowest BCUT2D eigenvalue weighted by Crippen LogP contribution is -2.33. The first-order valence-electron chi connectivity index (χ1n) is 8.34. The smallest absolute Gasteiger partial charge is 0.273 e. The lowest BCUT2D eigenvalue weighted by molar-refractivity contribution is 0.0951. The standard InChI is InChI=1S/C14H25N7OS/c22-14(15-6-7-23-13-8-16-19-18-13)12-10-21(20-17-12)9-11-4-2-1-3-5-11/h10-11,13,16,18-19H,1-9H2,(H,15,22). The van der Waals surface area contributed by atoms with Gasteiger partial charge in [-0.05, 0) is 18.8 Å². The molecule has 1 unspecified atom stereocenters. The Labute approximate surface area is 140 Å². The number of thioether (sulfide) groups is 1. The number of hydrogen-bond donors (Lipinski definition) is 4. The van der Waals surface area contributed by atoms with E-state index in [1.54, 1.807) is 18.0 Å². The van der Waals surface area contributed by atoms with Crippen LogP contribution in [0.3, 0.4) is 0 Å². The number of aromatic nitrogens is 3. The molecule has 1 aliphatic heterocycles. The molecule has 3 rings (SSSR count). The van der Waals surface area contributed by atoms with Gasteiger partial charge in [0.15, 0.2) is 5.69 Å². The number of nitrogens with zero attached hydrogens (tertiary/aromatic N) is 3. The fourth-order valence-corrected chi connectivity index (χ4v) is 3.86. The molecule has 2 heterocycles. The van der Waals surface area contributed by atoms with Crippen molar-refractivity contribution in [1.29, 1.82) is 0 Å². The molecule has 4 N–H and O–H groups in total. The maximum absolute atomic E-state index is 12.1. The quantitative estimate of drug-likeness (QED) is 0.529. The van der Waals surface area contributed by atoms with Gasteiger partial charge in [0.05, 0.1) is 11.6 Å². The Hall–Kier alpha value is -1.16. The van der Waals surface area contributed by atoms with E-state index in [-0.39, 0.29) is 5.91 Å². The molecular formula is C14H25N7OS. The molecule has 2 aliphatic rings. The zero-order valence-corrected chi connectivity index (χ0v) is 14.1. The molecule has 1 aromatic heterocycles. The first kappa shape index (κ1) is 16.7. The minimum absolute atomic E-state index is 0.142. The highest BCUT2D eigenvalue weighted by Crippen LogP contribution is 2.24. The molecule has 0 bridgehead atoms. The Morgan fingerprint density at radius 1 is 1.39 bits per heavy atom. The van der Waals surface area contributed by atoms with Crippen molar-refractivity contribution < 1.29 is 4.79 Å². The molecule has 0 spiro atoms. The number of amides is 1. The van der Waals surface area contributed by atoms with Crippen LogP contribution in [0.4, 0.5) is 0 Å². The van der Waals surface area contributed by atoms with E-state index in [4.69, 9.17) is 0 Å². The molecule has 1 aromatic rings. The molecular weight excluding hydrogens is 314 g/mol. The summed E-state index contributed by atoms with van der Waals surface area (Å²) in [6.45, 7) is 2.37. The number of carbonyl (C=O) groups is 1. The first-order chi connectivity index (χ1) is 11.3. The van der Waals surface area contributed by atoms with E-state index in [0.29, 0.717) is 23.5 Å². The Bertz CT molecular complexity index is 497. The summed E-state index contributed by atoms with van der Waals surface area (Å²) in [5.41, 5.74) is 9.34. The van der Waals surface area contributed by atoms with Crippen LogP contribution in [0, 0.1) is 5.92 Å². The Morgan fingerprint density at radius 2 is 2.26 bits per heavy atom. The fraction of sp³-hybridized carbons (Fsp3) is 0.786. The molecule has 1 atom stereocenters. The minimum atomic E-state index is -0.142. The van der Waals surface area contributed by atoms with Gasteiger partial charge >= 0.3 is 0 Å². The summed E-state index contributed by atoms with van der Waals surface area (Å²) < 4.78 is 1.82. The van der Waals surface area contributed by atoms with Gasteiger partial charge in [0.1, 0.15) is 0 Å². The number of hydrazine groups is 2. The predicted molar refractivity (Wildman–Crippen MR) is 89.5 cm³/mol. The molecule has 1 aliphatic carbocycles. The largest absolute Gasteiger partial charge is 0.350 e. The van der Waals surface area contributed by atoms with Gasteiger partial charge in [-0.2, -0.15) is 5.53 Å². The third-order valence-electron chi connectivity index (χ3n) is 4.26. The highest BCUT2D eigenvalue weighted by Gasteiger charge is 2.17. The zero-order valence-electron chi connectivity index (χ0n) is 13.3. The maximum atomic E-state index is 12.1. The van der Waals surface area contributed by atoms with E-state index in [1.807, 2.05) is 4.68 Å². The average Bonchev–Trinajstić information content (AvgIpc) is 3.24. The van der Waals surface area contributed by atoms with Crippen LogP contribution in [0.5, 0.6) is 0 Å². The van der Waals surface area contributed by atoms with Crippen LogP contribution in [-0.2, 0) is 6.54 Å². The van der Waals surface area contributed by atoms with Gasteiger partial charge in [-0.3, -0.25) is 9.48 Å². The summed E-state index contributed by atoms with van der Waals surface area (Å²) in [6.07, 6.45) is 8.26. The third-order valence-corrected chi connectivity index (χ3v) is 5.38. The van der Waals surface area contributed by atoms with Crippen molar-refractivity contribution in [2.24, 2.45) is 5.92 Å². The van der Waals surface area contributed by atoms with Crippen molar-refractivity contribution in [3.05, 3.63) is 11.9 Å². The van der Waals surface area contributed by atoms with Crippen molar-refractivity contribution in [3.63, 3.8) is 0 Å². The number of nitrogens with one attached hydrogen (secondary N) is 4. The maximum Gasteiger partial charge on any atom is 0.273 e. The van der Waals surface area contributed by atoms with Crippen molar-refractivity contribution in [3.8, 4) is 0 Å². The topological polar surface area (TPSA) is 95.9 Å². The minimum Gasteiger partial charge on any atom is -0.350 e. The van der Waals surface area contributed by atoms with Crippen LogP contribution in [0.25, 0.3) is 0 Å². The molecule has 128 valence electrons. The SMILES string of the molecule is O=C(NCCSC1CNNN1)c1cn(CC2CCCCC2)nn1. The van der Waals surface area contributed by atoms with Gasteiger partial charge in [0, 0.05) is 25.4 Å². The fourth-order valence-electron chi connectivity index (χ4n) is 3.01. The van der Waals surface area contributed by atoms with E-state index in [0.717, 1.165) is 18.8 Å². The molecule has 1 amide bonds. The zero-order chi connectivity index (χ0) is 15.9. The molecule has 0 radical (unpaired) electrons. The Balaban J connectivity index is 1.37. The van der Waals surface area contributed by atoms with E-state index < -0.39 is 0 Å². The van der Waals surface area contributed by atoms with Gasteiger partial charge in [-0.25, -0.2) is 10.9 Å². The predicted octanol–water partition coefficient (Wildman–Crippen LogP) is 0.260. The third kappa shape index (κ3) is 5.17. The van der Waals surface area contributed by atoms with Gasteiger partial charge in [0.2, 0.25) is 0 Å². The summed E-state index contributed by atoms with van der Waals surface area (Å²) in [7, 11) is 0. The van der Waals surface area contributed by atoms with Gasteiger partial charge in [0.25, 0.3) is 5.91 Å². The van der Waals surface area contributed by atoms with Gasteiger partial charge < -0.3 is 5.32 Å². The highest BCUT2D eigenvalue weighted by atomic mass is 32.2. The van der Waals surface area contributed by atoms with Crippen LogP contribution in [0.15, 0.2) is 6.20 Å². The number of hydrogen-bond acceptors (Lipinski definition) is 7. The second kappa shape index (κ2) is 8.62. The second-order valence-corrected chi connectivity index (χ2v) is 7.41. The molecule has 1 saturated carbocycles.